The first-order valence-corrected chi connectivity index (χ1v) is 9.34. The molecule has 3 aliphatic rings. The normalized spacial score (nSPS) is 22.5. The van der Waals surface area contributed by atoms with Crippen LogP contribution in [0.2, 0.25) is 0 Å². The summed E-state index contributed by atoms with van der Waals surface area (Å²) in [4.78, 5) is 30.2. The van der Waals surface area contributed by atoms with Crippen LogP contribution in [0, 0.1) is 11.7 Å². The molecular formula is C20H18FN5O3. The molecule has 0 radical (unpaired) electrons. The number of carbonyl (C=O) groups excluding carboxylic acids is 2. The van der Waals surface area contributed by atoms with Gasteiger partial charge in [0.1, 0.15) is 11.6 Å². The number of nitrogens with zero attached hydrogens (tertiary/aromatic N) is 4. The topological polar surface area (TPSA) is 107 Å². The van der Waals surface area contributed by atoms with E-state index in [9.17, 15) is 14.0 Å². The van der Waals surface area contributed by atoms with Crippen LogP contribution in [-0.4, -0.2) is 44.1 Å². The molecule has 148 valence electrons. The van der Waals surface area contributed by atoms with Crippen LogP contribution in [-0.2, 0) is 11.2 Å². The fraction of sp³-hybridized carbons (Fsp3) is 0.300. The summed E-state index contributed by atoms with van der Waals surface area (Å²) in [6, 6.07) is 7.74. The number of rotatable bonds is 5. The van der Waals surface area contributed by atoms with Gasteiger partial charge in [0.25, 0.3) is 5.91 Å². The zero-order valence-electron chi connectivity index (χ0n) is 15.4. The molecule has 1 aromatic carbocycles. The summed E-state index contributed by atoms with van der Waals surface area (Å²) >= 11 is 0. The van der Waals surface area contributed by atoms with E-state index in [0.29, 0.717) is 18.0 Å². The summed E-state index contributed by atoms with van der Waals surface area (Å²) in [6.45, 7) is 0.617. The van der Waals surface area contributed by atoms with Crippen molar-refractivity contribution in [1.82, 2.24) is 19.7 Å². The first-order chi connectivity index (χ1) is 14.0. The van der Waals surface area contributed by atoms with Crippen molar-refractivity contribution >= 4 is 11.8 Å². The van der Waals surface area contributed by atoms with Crippen molar-refractivity contribution in [2.75, 3.05) is 6.54 Å². The van der Waals surface area contributed by atoms with Crippen molar-refractivity contribution in [3.05, 3.63) is 65.9 Å². The second-order valence-corrected chi connectivity index (χ2v) is 7.47. The third kappa shape index (κ3) is 2.89. The van der Waals surface area contributed by atoms with Gasteiger partial charge in [-0.25, -0.2) is 14.1 Å². The van der Waals surface area contributed by atoms with Crippen molar-refractivity contribution < 1.29 is 18.4 Å². The molecule has 2 amide bonds. The Kier molecular flexibility index (Phi) is 3.97. The van der Waals surface area contributed by atoms with Crippen molar-refractivity contribution in [3.8, 4) is 5.69 Å². The molecule has 2 aromatic heterocycles. The number of nitrogens with two attached hydrogens (primary N) is 1. The highest BCUT2D eigenvalue weighted by Crippen LogP contribution is 2.53. The molecule has 3 fully saturated rings. The Bertz CT molecular complexity index is 1090. The van der Waals surface area contributed by atoms with Gasteiger partial charge in [-0.15, -0.1) is 0 Å². The number of amides is 2. The van der Waals surface area contributed by atoms with Gasteiger partial charge in [-0.3, -0.25) is 9.59 Å². The molecule has 0 spiro atoms. The number of halogens is 1. The molecule has 2 N–H and O–H groups in total. The van der Waals surface area contributed by atoms with Crippen LogP contribution in [0.4, 0.5) is 4.39 Å². The highest BCUT2D eigenvalue weighted by Gasteiger charge is 2.56. The number of carbonyl (C=O) groups is 2. The molecule has 3 unspecified atom stereocenters. The van der Waals surface area contributed by atoms with E-state index in [1.165, 1.54) is 18.5 Å². The van der Waals surface area contributed by atoms with E-state index in [1.807, 2.05) is 4.90 Å². The zero-order valence-corrected chi connectivity index (χ0v) is 15.4. The third-order valence-corrected chi connectivity index (χ3v) is 5.82. The van der Waals surface area contributed by atoms with Gasteiger partial charge in [0.2, 0.25) is 5.91 Å². The first kappa shape index (κ1) is 17.6. The van der Waals surface area contributed by atoms with Crippen LogP contribution in [0.1, 0.15) is 34.3 Å². The fourth-order valence-electron chi connectivity index (χ4n) is 4.42. The van der Waals surface area contributed by atoms with Crippen LogP contribution in [0.15, 0.2) is 47.3 Å². The van der Waals surface area contributed by atoms with Crippen LogP contribution in [0.25, 0.3) is 5.69 Å². The highest BCUT2D eigenvalue weighted by atomic mass is 19.1. The minimum Gasteiger partial charge on any atom is -0.447 e. The van der Waals surface area contributed by atoms with E-state index in [0.717, 1.165) is 12.1 Å². The summed E-state index contributed by atoms with van der Waals surface area (Å²) in [5.74, 6) is -0.277. The van der Waals surface area contributed by atoms with E-state index < -0.39 is 5.91 Å². The Morgan fingerprint density at radius 3 is 2.79 bits per heavy atom. The lowest BCUT2D eigenvalue weighted by Gasteiger charge is -2.35. The Balaban J connectivity index is 1.29. The lowest BCUT2D eigenvalue weighted by atomic mass is 9.72. The molecular weight excluding hydrogens is 377 g/mol. The first-order valence-electron chi connectivity index (χ1n) is 9.34. The van der Waals surface area contributed by atoms with Crippen molar-refractivity contribution in [1.29, 1.82) is 0 Å². The van der Waals surface area contributed by atoms with Gasteiger partial charge < -0.3 is 15.1 Å². The maximum absolute atomic E-state index is 13.1. The number of oxazole rings is 1. The highest BCUT2D eigenvalue weighted by molar-refractivity contribution is 5.92. The predicted octanol–water partition coefficient (Wildman–Crippen LogP) is 1.66. The second-order valence-electron chi connectivity index (χ2n) is 7.47. The molecule has 4 heterocycles. The summed E-state index contributed by atoms with van der Waals surface area (Å²) in [5.41, 5.74) is 6.88. The minimum atomic E-state index is -0.621. The maximum Gasteiger partial charge on any atom is 0.270 e. The third-order valence-electron chi connectivity index (χ3n) is 5.82. The molecule has 6 rings (SSSR count). The van der Waals surface area contributed by atoms with Crippen LogP contribution >= 0.6 is 0 Å². The Labute approximate surface area is 165 Å². The molecule has 1 saturated carbocycles. The largest absolute Gasteiger partial charge is 0.447 e. The van der Waals surface area contributed by atoms with Crippen LogP contribution in [0.5, 0.6) is 0 Å². The van der Waals surface area contributed by atoms with Gasteiger partial charge in [0.15, 0.2) is 12.1 Å². The monoisotopic (exact) mass is 395 g/mol. The van der Waals surface area contributed by atoms with E-state index in [-0.39, 0.29) is 41.7 Å². The average Bonchev–Trinajstić information content (AvgIpc) is 3.45. The second kappa shape index (κ2) is 6.54. The average molecular weight is 395 g/mol. The Hall–Kier alpha value is -3.49. The van der Waals surface area contributed by atoms with E-state index in [4.69, 9.17) is 10.2 Å². The van der Waals surface area contributed by atoms with E-state index in [1.54, 1.807) is 29.1 Å². The number of aromatic nitrogens is 3. The lowest BCUT2D eigenvalue weighted by molar-refractivity contribution is -0.130. The summed E-state index contributed by atoms with van der Waals surface area (Å²) in [6.07, 6.45) is 4.01. The quantitative estimate of drug-likeness (QED) is 0.707. The summed E-state index contributed by atoms with van der Waals surface area (Å²) in [5, 5.41) is 4.42. The summed E-state index contributed by atoms with van der Waals surface area (Å²) in [7, 11) is 0. The summed E-state index contributed by atoms with van der Waals surface area (Å²) < 4.78 is 20.1. The van der Waals surface area contributed by atoms with Crippen molar-refractivity contribution in [2.45, 2.75) is 24.8 Å². The molecule has 3 atom stereocenters. The molecule has 2 aliphatic heterocycles. The van der Waals surface area contributed by atoms with E-state index >= 15 is 0 Å². The van der Waals surface area contributed by atoms with E-state index in [2.05, 4.69) is 10.1 Å². The maximum atomic E-state index is 13.1. The van der Waals surface area contributed by atoms with Crippen molar-refractivity contribution in [3.63, 3.8) is 0 Å². The molecule has 8 nitrogen and oxygen atoms in total. The molecule has 3 aromatic rings. The molecule has 9 heteroatoms. The zero-order chi connectivity index (χ0) is 20.1. The van der Waals surface area contributed by atoms with Gasteiger partial charge in [0, 0.05) is 24.7 Å². The number of hydrogen-bond donors (Lipinski definition) is 1. The number of benzene rings is 1. The van der Waals surface area contributed by atoms with Gasteiger partial charge in [-0.2, -0.15) is 5.10 Å². The van der Waals surface area contributed by atoms with Gasteiger partial charge in [-0.05, 0) is 42.7 Å². The minimum absolute atomic E-state index is 0.0160. The lowest BCUT2D eigenvalue weighted by Crippen LogP contribution is -2.41. The molecule has 1 aliphatic carbocycles. The predicted molar refractivity (Wildman–Crippen MR) is 98.6 cm³/mol. The molecule has 2 saturated heterocycles. The van der Waals surface area contributed by atoms with Gasteiger partial charge in [0.05, 0.1) is 17.8 Å². The number of primary amides is 1. The SMILES string of the molecule is NC(=O)c1ncoc1C1C2CC1N(C(=O)Cc1ccn(-c3ccc(F)cc3)n1)C2. The van der Waals surface area contributed by atoms with Gasteiger partial charge >= 0.3 is 0 Å². The molecule has 29 heavy (non-hydrogen) atoms. The number of fused-ring (bicyclic) bond motifs is 1. The fourth-order valence-corrected chi connectivity index (χ4v) is 4.42. The van der Waals surface area contributed by atoms with Crippen LogP contribution in [0.3, 0.4) is 0 Å². The Morgan fingerprint density at radius 1 is 1.24 bits per heavy atom. The smallest absolute Gasteiger partial charge is 0.270 e. The molecule has 2 bridgehead atoms. The Morgan fingerprint density at radius 2 is 2.03 bits per heavy atom. The van der Waals surface area contributed by atoms with Gasteiger partial charge in [-0.1, -0.05) is 0 Å². The van der Waals surface area contributed by atoms with Crippen LogP contribution < -0.4 is 5.73 Å². The van der Waals surface area contributed by atoms with Crippen molar-refractivity contribution in [2.24, 2.45) is 11.7 Å². The standard InChI is InChI=1S/C20H18FN5O3/c21-12-1-3-14(4-2-12)26-6-5-13(24-26)8-16(27)25-9-11-7-15(25)17(11)19-18(20(22)28)23-10-29-19/h1-6,10-11,15,17H,7-9H2,(H2,22,28). The number of hydrogen-bond acceptors (Lipinski definition) is 5.